The Morgan fingerprint density at radius 2 is 2.03 bits per heavy atom. The number of aryl methyl sites for hydroxylation is 4. The van der Waals surface area contributed by atoms with Crippen LogP contribution in [0.25, 0.3) is 11.0 Å². The zero-order valence-corrected chi connectivity index (χ0v) is 17.6. The third kappa shape index (κ3) is 4.22. The van der Waals surface area contributed by atoms with Crippen molar-refractivity contribution in [1.29, 1.82) is 0 Å². The number of hydrogen-bond acceptors (Lipinski definition) is 5. The van der Waals surface area contributed by atoms with Gasteiger partial charge in [-0.15, -0.1) is 0 Å². The van der Waals surface area contributed by atoms with Gasteiger partial charge in [-0.3, -0.25) is 4.79 Å². The Hall–Kier alpha value is -2.61. The fourth-order valence-corrected chi connectivity index (χ4v) is 4.46. The normalized spacial score (nSPS) is 16.6. The van der Waals surface area contributed by atoms with E-state index in [0.29, 0.717) is 25.6 Å². The molecule has 4 rings (SSSR count). The quantitative estimate of drug-likeness (QED) is 0.669. The van der Waals surface area contributed by atoms with Crippen molar-refractivity contribution >= 4 is 26.6 Å². The summed E-state index contributed by atoms with van der Waals surface area (Å²) in [7, 11) is -3.10. The molecule has 0 spiro atoms. The summed E-state index contributed by atoms with van der Waals surface area (Å²) in [5.41, 5.74) is 4.14. The second kappa shape index (κ2) is 7.67. The Morgan fingerprint density at radius 1 is 1.21 bits per heavy atom. The predicted octanol–water partition coefficient (Wildman–Crippen LogP) is 2.23. The van der Waals surface area contributed by atoms with Crippen LogP contribution in [0.15, 0.2) is 41.3 Å². The highest BCUT2D eigenvalue weighted by molar-refractivity contribution is 7.90. The maximum Gasteiger partial charge on any atom is 0.250 e. The SMILES string of the molecule is C[C@H]1CCc2c(ccc3c2nc(CCn2ccccc2=O)n3CCS(C)(=O)=O)N1. The maximum atomic E-state index is 12.0. The third-order valence-corrected chi connectivity index (χ3v) is 6.42. The molecule has 1 aliphatic rings. The van der Waals surface area contributed by atoms with Crippen LogP contribution in [0.5, 0.6) is 0 Å². The molecule has 0 amide bonds. The van der Waals surface area contributed by atoms with E-state index in [9.17, 15) is 13.2 Å². The van der Waals surface area contributed by atoms with Crippen molar-refractivity contribution in [2.75, 3.05) is 17.3 Å². The molecule has 7 nitrogen and oxygen atoms in total. The summed E-state index contributed by atoms with van der Waals surface area (Å²) in [6.07, 6.45) is 5.56. The summed E-state index contributed by atoms with van der Waals surface area (Å²) in [6.45, 7) is 3.02. The van der Waals surface area contributed by atoms with E-state index >= 15 is 0 Å². The van der Waals surface area contributed by atoms with Crippen molar-refractivity contribution in [3.8, 4) is 0 Å². The van der Waals surface area contributed by atoms with Crippen LogP contribution in [0.4, 0.5) is 5.69 Å². The number of benzene rings is 1. The molecule has 0 aliphatic carbocycles. The molecule has 8 heteroatoms. The van der Waals surface area contributed by atoms with E-state index in [2.05, 4.69) is 18.3 Å². The Kier molecular flexibility index (Phi) is 5.21. The van der Waals surface area contributed by atoms with Gasteiger partial charge in [-0.05, 0) is 38.0 Å². The summed E-state index contributed by atoms with van der Waals surface area (Å²) in [6, 6.07) is 9.61. The van der Waals surface area contributed by atoms with Gasteiger partial charge in [0.2, 0.25) is 0 Å². The molecule has 1 aromatic carbocycles. The van der Waals surface area contributed by atoms with Crippen LogP contribution in [0.2, 0.25) is 0 Å². The van der Waals surface area contributed by atoms with Crippen LogP contribution in [-0.4, -0.2) is 40.6 Å². The smallest absolute Gasteiger partial charge is 0.250 e. The highest BCUT2D eigenvalue weighted by Crippen LogP contribution is 2.32. The number of hydrogen-bond donors (Lipinski definition) is 1. The largest absolute Gasteiger partial charge is 0.382 e. The number of sulfone groups is 1. The van der Waals surface area contributed by atoms with E-state index in [1.807, 2.05) is 16.7 Å². The Labute approximate surface area is 170 Å². The lowest BCUT2D eigenvalue weighted by atomic mass is 9.98. The van der Waals surface area contributed by atoms with Gasteiger partial charge < -0.3 is 14.5 Å². The van der Waals surface area contributed by atoms with Crippen LogP contribution in [0.1, 0.15) is 24.7 Å². The van der Waals surface area contributed by atoms with E-state index in [-0.39, 0.29) is 11.3 Å². The van der Waals surface area contributed by atoms with Gasteiger partial charge in [0.25, 0.3) is 5.56 Å². The Bertz CT molecular complexity index is 1210. The molecule has 3 heterocycles. The van der Waals surface area contributed by atoms with Gasteiger partial charge in [0.15, 0.2) is 0 Å². The molecular formula is C21H26N4O3S. The number of imidazole rings is 1. The molecule has 1 N–H and O–H groups in total. The van der Waals surface area contributed by atoms with Crippen molar-refractivity contribution < 1.29 is 8.42 Å². The van der Waals surface area contributed by atoms with Gasteiger partial charge in [0, 0.05) is 55.3 Å². The van der Waals surface area contributed by atoms with Gasteiger partial charge in [-0.2, -0.15) is 0 Å². The van der Waals surface area contributed by atoms with Crippen LogP contribution < -0.4 is 10.9 Å². The average Bonchev–Trinajstić information content (AvgIpc) is 3.02. The lowest BCUT2D eigenvalue weighted by molar-refractivity contribution is 0.588. The van der Waals surface area contributed by atoms with E-state index in [0.717, 1.165) is 35.4 Å². The summed E-state index contributed by atoms with van der Waals surface area (Å²) in [4.78, 5) is 16.9. The molecule has 1 aliphatic heterocycles. The first-order valence-electron chi connectivity index (χ1n) is 9.92. The van der Waals surface area contributed by atoms with Gasteiger partial charge in [-0.1, -0.05) is 6.07 Å². The minimum atomic E-state index is -3.10. The number of fused-ring (bicyclic) bond motifs is 3. The molecule has 2 aromatic heterocycles. The number of rotatable bonds is 6. The molecule has 0 unspecified atom stereocenters. The van der Waals surface area contributed by atoms with Crippen LogP contribution >= 0.6 is 0 Å². The van der Waals surface area contributed by atoms with E-state index in [1.165, 1.54) is 17.9 Å². The molecular weight excluding hydrogens is 388 g/mol. The van der Waals surface area contributed by atoms with Gasteiger partial charge >= 0.3 is 0 Å². The molecule has 0 radical (unpaired) electrons. The molecule has 1 atom stereocenters. The molecule has 154 valence electrons. The van der Waals surface area contributed by atoms with Crippen molar-refractivity contribution in [2.24, 2.45) is 0 Å². The van der Waals surface area contributed by atoms with Crippen LogP contribution in [-0.2, 0) is 35.8 Å². The molecule has 0 bridgehead atoms. The standard InChI is InChI=1S/C21H26N4O3S/c1-15-6-7-16-17(22-15)8-9-18-21(16)23-19(25(18)13-14-29(2,27)28)10-12-24-11-4-3-5-20(24)26/h3-5,8-9,11,15,22H,6-7,10,12-14H2,1-2H3/t15-/m0/s1. The molecule has 0 fully saturated rings. The van der Waals surface area contributed by atoms with Crippen molar-refractivity contribution in [1.82, 2.24) is 14.1 Å². The van der Waals surface area contributed by atoms with E-state index in [4.69, 9.17) is 4.98 Å². The predicted molar refractivity (Wildman–Crippen MR) is 115 cm³/mol. The zero-order valence-electron chi connectivity index (χ0n) is 16.8. The number of anilines is 1. The zero-order chi connectivity index (χ0) is 20.6. The van der Waals surface area contributed by atoms with Gasteiger partial charge in [0.05, 0.1) is 16.8 Å². The summed E-state index contributed by atoms with van der Waals surface area (Å²) >= 11 is 0. The fraction of sp³-hybridized carbons (Fsp3) is 0.429. The van der Waals surface area contributed by atoms with Gasteiger partial charge in [-0.25, -0.2) is 13.4 Å². The summed E-state index contributed by atoms with van der Waals surface area (Å²) in [5, 5.41) is 3.51. The van der Waals surface area contributed by atoms with E-state index in [1.54, 1.807) is 16.8 Å². The minimum absolute atomic E-state index is 0.0538. The minimum Gasteiger partial charge on any atom is -0.382 e. The molecule has 3 aromatic rings. The second-order valence-electron chi connectivity index (χ2n) is 7.84. The maximum absolute atomic E-state index is 12.0. The monoisotopic (exact) mass is 414 g/mol. The highest BCUT2D eigenvalue weighted by atomic mass is 32.2. The number of pyridine rings is 1. The van der Waals surface area contributed by atoms with Gasteiger partial charge in [0.1, 0.15) is 15.7 Å². The van der Waals surface area contributed by atoms with E-state index < -0.39 is 9.84 Å². The molecule has 0 saturated heterocycles. The summed E-state index contributed by atoms with van der Waals surface area (Å²) in [5.74, 6) is 0.870. The molecule has 29 heavy (non-hydrogen) atoms. The highest BCUT2D eigenvalue weighted by Gasteiger charge is 2.21. The lowest BCUT2D eigenvalue weighted by Crippen LogP contribution is -2.22. The second-order valence-corrected chi connectivity index (χ2v) is 10.1. The van der Waals surface area contributed by atoms with Crippen LogP contribution in [0, 0.1) is 0 Å². The van der Waals surface area contributed by atoms with Crippen molar-refractivity contribution in [3.05, 3.63) is 58.3 Å². The third-order valence-electron chi connectivity index (χ3n) is 5.49. The van der Waals surface area contributed by atoms with Crippen LogP contribution in [0.3, 0.4) is 0 Å². The topological polar surface area (TPSA) is 86.0 Å². The molecule has 0 saturated carbocycles. The first-order valence-corrected chi connectivity index (χ1v) is 12.0. The number of nitrogens with zero attached hydrogens (tertiary/aromatic N) is 3. The Balaban J connectivity index is 1.74. The number of nitrogens with one attached hydrogen (secondary N) is 1. The first kappa shape index (κ1) is 19.7. The fourth-order valence-electron chi connectivity index (χ4n) is 3.95. The lowest BCUT2D eigenvalue weighted by Gasteiger charge is -2.24. The van der Waals surface area contributed by atoms with Crippen molar-refractivity contribution in [3.63, 3.8) is 0 Å². The van der Waals surface area contributed by atoms with Crippen molar-refractivity contribution in [2.45, 2.75) is 45.3 Å². The average molecular weight is 415 g/mol. The Morgan fingerprint density at radius 3 is 2.79 bits per heavy atom. The first-order chi connectivity index (χ1) is 13.8. The number of aromatic nitrogens is 3. The summed E-state index contributed by atoms with van der Waals surface area (Å²) < 4.78 is 27.2.